The van der Waals surface area contributed by atoms with Crippen molar-refractivity contribution in [3.05, 3.63) is 46.6 Å². The molecule has 1 aliphatic heterocycles. The lowest BCUT2D eigenvalue weighted by molar-refractivity contribution is 0.0925. The van der Waals surface area contributed by atoms with Gasteiger partial charge < -0.3 is 10.2 Å². The van der Waals surface area contributed by atoms with Crippen molar-refractivity contribution >= 4 is 11.9 Å². The van der Waals surface area contributed by atoms with Crippen LogP contribution in [0.3, 0.4) is 0 Å². The molecule has 0 atom stereocenters. The van der Waals surface area contributed by atoms with Gasteiger partial charge in [-0.15, -0.1) is 0 Å². The maximum atomic E-state index is 12.0. The van der Waals surface area contributed by atoms with Crippen LogP contribution >= 0.6 is 0 Å². The van der Waals surface area contributed by atoms with E-state index in [0.29, 0.717) is 0 Å². The molecule has 0 unspecified atom stereocenters. The fourth-order valence-electron chi connectivity index (χ4n) is 2.41. The number of carbonyl (C=O) groups is 1. The van der Waals surface area contributed by atoms with Crippen molar-refractivity contribution in [2.45, 2.75) is 18.9 Å². The second-order valence-corrected chi connectivity index (χ2v) is 5.09. The molecule has 0 saturated carbocycles. The average Bonchev–Trinajstić information content (AvgIpc) is 2.57. The quantitative estimate of drug-likeness (QED) is 0.824. The van der Waals surface area contributed by atoms with Crippen molar-refractivity contribution in [1.82, 2.24) is 25.5 Å². The van der Waals surface area contributed by atoms with Crippen LogP contribution in [-0.2, 0) is 0 Å². The number of nitrogens with one attached hydrogen (secondary N) is 2. The fourth-order valence-corrected chi connectivity index (χ4v) is 2.41. The van der Waals surface area contributed by atoms with Gasteiger partial charge >= 0.3 is 0 Å². The zero-order valence-electron chi connectivity index (χ0n) is 11.9. The predicted molar refractivity (Wildman–Crippen MR) is 79.6 cm³/mol. The second-order valence-electron chi connectivity index (χ2n) is 5.09. The van der Waals surface area contributed by atoms with Gasteiger partial charge in [0.2, 0.25) is 5.95 Å². The van der Waals surface area contributed by atoms with E-state index in [-0.39, 0.29) is 23.2 Å². The van der Waals surface area contributed by atoms with E-state index in [9.17, 15) is 9.59 Å². The molecule has 1 aliphatic rings. The van der Waals surface area contributed by atoms with Gasteiger partial charge in [-0.25, -0.2) is 15.1 Å². The smallest absolute Gasteiger partial charge is 0.271 e. The van der Waals surface area contributed by atoms with Gasteiger partial charge in [-0.2, -0.15) is 5.10 Å². The lowest BCUT2D eigenvalue weighted by atomic mass is 10.1. The number of hydrogen-bond donors (Lipinski definition) is 2. The highest BCUT2D eigenvalue weighted by Gasteiger charge is 2.22. The van der Waals surface area contributed by atoms with Crippen molar-refractivity contribution < 1.29 is 4.79 Å². The average molecular weight is 300 g/mol. The fraction of sp³-hybridized carbons (Fsp3) is 0.357. The molecule has 2 aromatic heterocycles. The molecule has 0 aromatic carbocycles. The molecule has 8 nitrogen and oxygen atoms in total. The summed E-state index contributed by atoms with van der Waals surface area (Å²) in [7, 11) is 0. The summed E-state index contributed by atoms with van der Waals surface area (Å²) in [6, 6.07) is 4.58. The Hall–Kier alpha value is -2.77. The number of hydrogen-bond acceptors (Lipinski definition) is 6. The minimum absolute atomic E-state index is 0.0844. The lowest BCUT2D eigenvalue weighted by Crippen LogP contribution is -2.45. The first-order chi connectivity index (χ1) is 10.7. The van der Waals surface area contributed by atoms with E-state index in [1.165, 1.54) is 12.1 Å². The molecule has 2 N–H and O–H groups in total. The lowest BCUT2D eigenvalue weighted by Gasteiger charge is -2.32. The molecule has 1 amide bonds. The highest BCUT2D eigenvalue weighted by Crippen LogP contribution is 2.15. The molecule has 1 saturated heterocycles. The van der Waals surface area contributed by atoms with Crippen molar-refractivity contribution in [1.29, 1.82) is 0 Å². The highest BCUT2D eigenvalue weighted by molar-refractivity contribution is 5.92. The summed E-state index contributed by atoms with van der Waals surface area (Å²) in [5.74, 6) is 0.445. The summed E-state index contributed by atoms with van der Waals surface area (Å²) in [5, 5.41) is 8.92. The topological polar surface area (TPSA) is 104 Å². The first-order valence-electron chi connectivity index (χ1n) is 7.11. The number of rotatable bonds is 3. The Morgan fingerprint density at radius 1 is 1.23 bits per heavy atom. The van der Waals surface area contributed by atoms with Gasteiger partial charge in [0, 0.05) is 37.6 Å². The molecule has 0 bridgehead atoms. The molecule has 114 valence electrons. The molecule has 0 spiro atoms. The summed E-state index contributed by atoms with van der Waals surface area (Å²) in [5.41, 5.74) is -0.110. The monoisotopic (exact) mass is 300 g/mol. The van der Waals surface area contributed by atoms with Gasteiger partial charge in [-0.1, -0.05) is 0 Å². The van der Waals surface area contributed by atoms with Crippen molar-refractivity contribution in [2.24, 2.45) is 0 Å². The third-order valence-electron chi connectivity index (χ3n) is 3.58. The van der Waals surface area contributed by atoms with E-state index < -0.39 is 0 Å². The SMILES string of the molecule is O=C(NC1CCN(c2ncccn2)CC1)c1ccc(=O)[nH]n1. The van der Waals surface area contributed by atoms with Crippen molar-refractivity contribution in [3.63, 3.8) is 0 Å². The van der Waals surface area contributed by atoms with Gasteiger partial charge in [0.15, 0.2) is 0 Å². The van der Waals surface area contributed by atoms with Crippen molar-refractivity contribution in [2.75, 3.05) is 18.0 Å². The van der Waals surface area contributed by atoms with Gasteiger partial charge in [0.1, 0.15) is 5.69 Å². The van der Waals surface area contributed by atoms with E-state index in [2.05, 4.69) is 30.4 Å². The van der Waals surface area contributed by atoms with Crippen LogP contribution in [0, 0.1) is 0 Å². The minimum atomic E-state index is -0.326. The molecule has 3 rings (SSSR count). The summed E-state index contributed by atoms with van der Waals surface area (Å²) in [4.78, 5) is 33.5. The van der Waals surface area contributed by atoms with Gasteiger partial charge in [0.05, 0.1) is 0 Å². The second kappa shape index (κ2) is 6.33. The van der Waals surface area contributed by atoms with Crippen LogP contribution in [0.25, 0.3) is 0 Å². The van der Waals surface area contributed by atoms with Gasteiger partial charge in [0.25, 0.3) is 11.5 Å². The standard InChI is InChI=1S/C14H16N6O2/c21-12-3-2-11(18-19-12)13(22)17-10-4-8-20(9-5-10)14-15-6-1-7-16-14/h1-3,6-7,10H,4-5,8-9H2,(H,17,22)(H,19,21). The Balaban J connectivity index is 1.54. The molecule has 22 heavy (non-hydrogen) atoms. The maximum absolute atomic E-state index is 12.0. The summed E-state index contributed by atoms with van der Waals surface area (Å²) >= 11 is 0. The Kier molecular flexibility index (Phi) is 4.08. The zero-order valence-corrected chi connectivity index (χ0v) is 11.9. The van der Waals surface area contributed by atoms with Crippen LogP contribution in [0.4, 0.5) is 5.95 Å². The molecule has 0 aliphatic carbocycles. The van der Waals surface area contributed by atoms with E-state index in [0.717, 1.165) is 31.9 Å². The molecule has 2 aromatic rings. The third kappa shape index (κ3) is 3.27. The maximum Gasteiger partial charge on any atom is 0.271 e. The minimum Gasteiger partial charge on any atom is -0.348 e. The highest BCUT2D eigenvalue weighted by atomic mass is 16.2. The Bertz CT molecular complexity index is 673. The Morgan fingerprint density at radius 2 is 1.95 bits per heavy atom. The van der Waals surface area contributed by atoms with Crippen LogP contribution in [0.15, 0.2) is 35.4 Å². The van der Waals surface area contributed by atoms with Crippen LogP contribution < -0.4 is 15.8 Å². The predicted octanol–water partition coefficient (Wildman–Crippen LogP) is -0.0413. The first kappa shape index (κ1) is 14.2. The number of amides is 1. The molecule has 3 heterocycles. The zero-order chi connectivity index (χ0) is 15.4. The van der Waals surface area contributed by atoms with Crippen LogP contribution in [0.5, 0.6) is 0 Å². The largest absolute Gasteiger partial charge is 0.348 e. The summed E-state index contributed by atoms with van der Waals surface area (Å²) in [6.45, 7) is 1.57. The van der Waals surface area contributed by atoms with Crippen LogP contribution in [0.2, 0.25) is 0 Å². The molecule has 8 heteroatoms. The van der Waals surface area contributed by atoms with E-state index >= 15 is 0 Å². The van der Waals surface area contributed by atoms with Crippen LogP contribution in [0.1, 0.15) is 23.3 Å². The normalized spacial score (nSPS) is 15.5. The number of anilines is 1. The number of nitrogens with zero attached hydrogens (tertiary/aromatic N) is 4. The van der Waals surface area contributed by atoms with E-state index in [4.69, 9.17) is 0 Å². The molecular weight excluding hydrogens is 284 g/mol. The van der Waals surface area contributed by atoms with E-state index in [1.54, 1.807) is 18.5 Å². The number of piperidine rings is 1. The molecule has 1 fully saturated rings. The summed E-state index contributed by atoms with van der Waals surface area (Å²) in [6.07, 6.45) is 5.07. The van der Waals surface area contributed by atoms with Gasteiger partial charge in [-0.3, -0.25) is 9.59 Å². The number of carbonyl (C=O) groups excluding carboxylic acids is 1. The van der Waals surface area contributed by atoms with Crippen molar-refractivity contribution in [3.8, 4) is 0 Å². The first-order valence-corrected chi connectivity index (χ1v) is 7.11. The number of aromatic nitrogens is 4. The third-order valence-corrected chi connectivity index (χ3v) is 3.58. The molecule has 0 radical (unpaired) electrons. The number of aromatic amines is 1. The van der Waals surface area contributed by atoms with Gasteiger partial charge in [-0.05, 0) is 25.0 Å². The Morgan fingerprint density at radius 3 is 2.59 bits per heavy atom. The van der Waals surface area contributed by atoms with Crippen LogP contribution in [-0.4, -0.2) is 45.2 Å². The number of H-pyrrole nitrogens is 1. The van der Waals surface area contributed by atoms with E-state index in [1.807, 2.05) is 0 Å². The molecular formula is C14H16N6O2. The summed E-state index contributed by atoms with van der Waals surface area (Å²) < 4.78 is 0. The Labute approximate surface area is 126 Å².